The predicted molar refractivity (Wildman–Crippen MR) is 118 cm³/mol. The monoisotopic (exact) mass is 440 g/mol. The molecule has 9 heteroatoms. The lowest BCUT2D eigenvalue weighted by atomic mass is 10.2. The Morgan fingerprint density at radius 3 is 2.32 bits per heavy atom. The standard InChI is InChI=1S/C22H24N4O4S/c1-16-12-17(2)14-19(13-16)31(28,29)26-9-7-25(8-10-26)21-6-5-18(15-23-21)24-22(27)20-4-3-11-30-20/h3-6,11-15H,7-10H2,1-2H3,(H,24,27). The highest BCUT2D eigenvalue weighted by Gasteiger charge is 2.29. The van der Waals surface area contributed by atoms with E-state index in [0.29, 0.717) is 36.8 Å². The number of rotatable bonds is 5. The van der Waals surface area contributed by atoms with E-state index < -0.39 is 10.0 Å². The number of carbonyl (C=O) groups excluding carboxylic acids is 1. The zero-order valence-electron chi connectivity index (χ0n) is 17.4. The number of nitrogens with one attached hydrogen (secondary N) is 1. The van der Waals surface area contributed by atoms with Crippen molar-refractivity contribution in [3.63, 3.8) is 0 Å². The maximum atomic E-state index is 13.0. The van der Waals surface area contributed by atoms with E-state index in [9.17, 15) is 13.2 Å². The largest absolute Gasteiger partial charge is 0.459 e. The number of aryl methyl sites for hydroxylation is 2. The molecule has 162 valence electrons. The van der Waals surface area contributed by atoms with Gasteiger partial charge in [-0.05, 0) is 61.4 Å². The Kier molecular flexibility index (Phi) is 5.79. The molecule has 1 aromatic carbocycles. The van der Waals surface area contributed by atoms with Crippen LogP contribution in [-0.4, -0.2) is 49.8 Å². The number of furan rings is 1. The summed E-state index contributed by atoms with van der Waals surface area (Å²) in [5.74, 6) is 0.620. The van der Waals surface area contributed by atoms with E-state index in [1.807, 2.05) is 30.9 Å². The molecule has 8 nitrogen and oxygen atoms in total. The van der Waals surface area contributed by atoms with Gasteiger partial charge < -0.3 is 14.6 Å². The molecule has 0 radical (unpaired) electrons. The molecule has 0 unspecified atom stereocenters. The smallest absolute Gasteiger partial charge is 0.291 e. The van der Waals surface area contributed by atoms with Gasteiger partial charge in [0.15, 0.2) is 5.76 Å². The molecule has 1 N–H and O–H groups in total. The zero-order valence-corrected chi connectivity index (χ0v) is 18.2. The molecule has 1 amide bonds. The van der Waals surface area contributed by atoms with Crippen molar-refractivity contribution in [3.05, 3.63) is 71.8 Å². The minimum absolute atomic E-state index is 0.227. The molecule has 1 aliphatic heterocycles. The van der Waals surface area contributed by atoms with Crippen molar-refractivity contribution in [3.8, 4) is 0 Å². The van der Waals surface area contributed by atoms with E-state index in [1.54, 1.807) is 36.5 Å². The molecule has 0 saturated carbocycles. The number of benzene rings is 1. The fourth-order valence-corrected chi connectivity index (χ4v) is 5.25. The van der Waals surface area contributed by atoms with Crippen LogP contribution in [0.2, 0.25) is 0 Å². The van der Waals surface area contributed by atoms with Gasteiger partial charge in [-0.1, -0.05) is 6.07 Å². The van der Waals surface area contributed by atoms with Crippen LogP contribution in [0.25, 0.3) is 0 Å². The Balaban J connectivity index is 1.39. The highest BCUT2D eigenvalue weighted by atomic mass is 32.2. The molecule has 3 heterocycles. The van der Waals surface area contributed by atoms with E-state index in [0.717, 1.165) is 16.9 Å². The average Bonchev–Trinajstić information content (AvgIpc) is 3.29. The maximum absolute atomic E-state index is 13.0. The third-order valence-corrected chi connectivity index (χ3v) is 7.02. The minimum Gasteiger partial charge on any atom is -0.459 e. The molecule has 1 aliphatic rings. The van der Waals surface area contributed by atoms with Crippen molar-refractivity contribution < 1.29 is 17.6 Å². The predicted octanol–water partition coefficient (Wildman–Crippen LogP) is 3.05. The first-order chi connectivity index (χ1) is 14.8. The van der Waals surface area contributed by atoms with E-state index in [4.69, 9.17) is 4.42 Å². The Morgan fingerprint density at radius 2 is 1.74 bits per heavy atom. The summed E-state index contributed by atoms with van der Waals surface area (Å²) in [5.41, 5.74) is 2.42. The van der Waals surface area contributed by atoms with Gasteiger partial charge in [-0.15, -0.1) is 0 Å². The van der Waals surface area contributed by atoms with Crippen molar-refractivity contribution in [1.29, 1.82) is 0 Å². The van der Waals surface area contributed by atoms with Crippen LogP contribution in [0.3, 0.4) is 0 Å². The number of pyridine rings is 1. The highest BCUT2D eigenvalue weighted by molar-refractivity contribution is 7.89. The number of anilines is 2. The SMILES string of the molecule is Cc1cc(C)cc(S(=O)(=O)N2CCN(c3ccc(NC(=O)c4ccco4)cn3)CC2)c1. The Labute approximate surface area is 181 Å². The fourth-order valence-electron chi connectivity index (χ4n) is 3.64. The van der Waals surface area contributed by atoms with Crippen LogP contribution in [-0.2, 0) is 10.0 Å². The summed E-state index contributed by atoms with van der Waals surface area (Å²) in [6.45, 7) is 5.64. The summed E-state index contributed by atoms with van der Waals surface area (Å²) in [6.07, 6.45) is 3.02. The molecule has 0 spiro atoms. The second kappa shape index (κ2) is 8.52. The van der Waals surface area contributed by atoms with E-state index in [2.05, 4.69) is 10.3 Å². The van der Waals surface area contributed by atoms with Crippen molar-refractivity contribution in [1.82, 2.24) is 9.29 Å². The quantitative estimate of drug-likeness (QED) is 0.655. The summed E-state index contributed by atoms with van der Waals surface area (Å²) in [7, 11) is -3.52. The third-order valence-electron chi connectivity index (χ3n) is 5.15. The molecule has 1 saturated heterocycles. The summed E-state index contributed by atoms with van der Waals surface area (Å²) in [5, 5.41) is 2.73. The van der Waals surface area contributed by atoms with Gasteiger partial charge in [-0.25, -0.2) is 13.4 Å². The van der Waals surface area contributed by atoms with Crippen molar-refractivity contribution in [2.45, 2.75) is 18.7 Å². The van der Waals surface area contributed by atoms with Gasteiger partial charge in [-0.2, -0.15) is 4.31 Å². The first-order valence-corrected chi connectivity index (χ1v) is 11.4. The second-order valence-electron chi connectivity index (χ2n) is 7.55. The first kappa shape index (κ1) is 21.1. The Hall–Kier alpha value is -3.17. The van der Waals surface area contributed by atoms with E-state index in [1.165, 1.54) is 10.6 Å². The van der Waals surface area contributed by atoms with Crippen molar-refractivity contribution in [2.24, 2.45) is 0 Å². The van der Waals surface area contributed by atoms with E-state index >= 15 is 0 Å². The Morgan fingerprint density at radius 1 is 1.03 bits per heavy atom. The van der Waals surface area contributed by atoms with Crippen molar-refractivity contribution in [2.75, 3.05) is 36.4 Å². The molecule has 3 aromatic rings. The normalized spacial score (nSPS) is 15.1. The number of nitrogens with zero attached hydrogens (tertiary/aromatic N) is 3. The van der Waals surface area contributed by atoms with Gasteiger partial charge in [0, 0.05) is 26.2 Å². The van der Waals surface area contributed by atoms with Crippen LogP contribution in [0.1, 0.15) is 21.7 Å². The summed E-state index contributed by atoms with van der Waals surface area (Å²) in [6, 6.07) is 12.2. The molecule has 0 aliphatic carbocycles. The minimum atomic E-state index is -3.52. The van der Waals surface area contributed by atoms with Gasteiger partial charge in [0.2, 0.25) is 10.0 Å². The van der Waals surface area contributed by atoms with Crippen LogP contribution in [0.15, 0.2) is 64.2 Å². The maximum Gasteiger partial charge on any atom is 0.291 e. The number of aromatic nitrogens is 1. The van der Waals surface area contributed by atoms with Gasteiger partial charge in [0.1, 0.15) is 5.82 Å². The topological polar surface area (TPSA) is 95.8 Å². The second-order valence-corrected chi connectivity index (χ2v) is 9.49. The lowest BCUT2D eigenvalue weighted by Crippen LogP contribution is -2.48. The van der Waals surface area contributed by atoms with Crippen LogP contribution >= 0.6 is 0 Å². The Bertz CT molecular complexity index is 1150. The van der Waals surface area contributed by atoms with E-state index in [-0.39, 0.29) is 11.7 Å². The van der Waals surface area contributed by atoms with Gasteiger partial charge in [0.05, 0.1) is 23.0 Å². The zero-order chi connectivity index (χ0) is 22.0. The van der Waals surface area contributed by atoms with Gasteiger partial charge in [0.25, 0.3) is 5.91 Å². The van der Waals surface area contributed by atoms with Crippen LogP contribution < -0.4 is 10.2 Å². The molecule has 1 fully saturated rings. The number of hydrogen-bond donors (Lipinski definition) is 1. The molecule has 31 heavy (non-hydrogen) atoms. The number of sulfonamides is 1. The molecule has 2 aromatic heterocycles. The molecule has 0 bridgehead atoms. The van der Waals surface area contributed by atoms with Gasteiger partial charge >= 0.3 is 0 Å². The number of piperazine rings is 1. The average molecular weight is 441 g/mol. The third kappa shape index (κ3) is 4.62. The molecule has 4 rings (SSSR count). The lowest BCUT2D eigenvalue weighted by molar-refractivity contribution is 0.0996. The fraction of sp³-hybridized carbons (Fsp3) is 0.273. The van der Waals surface area contributed by atoms with Gasteiger partial charge in [-0.3, -0.25) is 4.79 Å². The first-order valence-electron chi connectivity index (χ1n) is 9.97. The number of hydrogen-bond acceptors (Lipinski definition) is 6. The summed E-state index contributed by atoms with van der Waals surface area (Å²) >= 11 is 0. The summed E-state index contributed by atoms with van der Waals surface area (Å²) < 4.78 is 32.6. The van der Waals surface area contributed by atoms with Crippen LogP contribution in [0, 0.1) is 13.8 Å². The number of amides is 1. The molecular formula is C22H24N4O4S. The molecular weight excluding hydrogens is 416 g/mol. The van der Waals surface area contributed by atoms with Crippen LogP contribution in [0.5, 0.6) is 0 Å². The van der Waals surface area contributed by atoms with Crippen LogP contribution in [0.4, 0.5) is 11.5 Å². The number of carbonyl (C=O) groups is 1. The highest BCUT2D eigenvalue weighted by Crippen LogP contribution is 2.22. The lowest BCUT2D eigenvalue weighted by Gasteiger charge is -2.34. The van der Waals surface area contributed by atoms with Crippen molar-refractivity contribution >= 4 is 27.4 Å². The summed E-state index contributed by atoms with van der Waals surface area (Å²) in [4.78, 5) is 18.8. The molecule has 0 atom stereocenters.